The summed E-state index contributed by atoms with van der Waals surface area (Å²) < 4.78 is 7.12. The number of halogens is 1. The molecule has 0 aliphatic rings. The van der Waals surface area contributed by atoms with Crippen molar-refractivity contribution in [2.45, 2.75) is 0 Å². The minimum Gasteiger partial charge on any atom is -0.496 e. The second-order valence-corrected chi connectivity index (χ2v) is 5.05. The average molecular weight is 310 g/mol. The predicted octanol–water partition coefficient (Wildman–Crippen LogP) is 4.07. The quantitative estimate of drug-likeness (QED) is 0.732. The lowest BCUT2D eigenvalue weighted by atomic mass is 10.1. The van der Waals surface area contributed by atoms with Crippen LogP contribution in [0.1, 0.15) is 5.69 Å². The van der Waals surface area contributed by atoms with Gasteiger partial charge >= 0.3 is 0 Å². The van der Waals surface area contributed by atoms with Gasteiger partial charge in [-0.05, 0) is 36.4 Å². The monoisotopic (exact) mass is 309 g/mol. The van der Waals surface area contributed by atoms with Gasteiger partial charge in [-0.15, -0.1) is 0 Å². The van der Waals surface area contributed by atoms with Gasteiger partial charge in [-0.2, -0.15) is 10.4 Å². The number of rotatable bonds is 3. The van der Waals surface area contributed by atoms with Crippen LogP contribution in [0.25, 0.3) is 16.9 Å². The van der Waals surface area contributed by atoms with Crippen LogP contribution in [0.5, 0.6) is 5.75 Å². The molecule has 3 rings (SSSR count). The number of aromatic nitrogens is 2. The molecule has 108 valence electrons. The van der Waals surface area contributed by atoms with Crippen molar-refractivity contribution in [2.75, 3.05) is 7.11 Å². The first-order chi connectivity index (χ1) is 10.7. The number of hydrogen-bond donors (Lipinski definition) is 0. The van der Waals surface area contributed by atoms with Gasteiger partial charge in [0.2, 0.25) is 0 Å². The smallest absolute Gasteiger partial charge is 0.163 e. The van der Waals surface area contributed by atoms with Crippen molar-refractivity contribution in [3.05, 3.63) is 65.3 Å². The molecule has 4 nitrogen and oxygen atoms in total. The summed E-state index contributed by atoms with van der Waals surface area (Å²) in [6, 6.07) is 18.7. The second kappa shape index (κ2) is 5.92. The summed E-state index contributed by atoms with van der Waals surface area (Å²) in [6.45, 7) is 0. The third-order valence-electron chi connectivity index (χ3n) is 3.28. The zero-order valence-corrected chi connectivity index (χ0v) is 12.6. The van der Waals surface area contributed by atoms with E-state index in [9.17, 15) is 0 Å². The molecule has 0 atom stereocenters. The minimum atomic E-state index is 0.343. The third-order valence-corrected chi connectivity index (χ3v) is 3.53. The maximum atomic E-state index is 9.16. The van der Waals surface area contributed by atoms with Crippen LogP contribution in [0.2, 0.25) is 5.02 Å². The molecule has 0 saturated carbocycles. The van der Waals surface area contributed by atoms with Crippen LogP contribution >= 0.6 is 11.6 Å². The van der Waals surface area contributed by atoms with Crippen LogP contribution in [0.4, 0.5) is 0 Å². The Hall–Kier alpha value is -2.77. The average Bonchev–Trinajstić information content (AvgIpc) is 2.99. The van der Waals surface area contributed by atoms with E-state index >= 15 is 0 Å². The minimum absolute atomic E-state index is 0.343. The molecule has 5 heteroatoms. The maximum Gasteiger partial charge on any atom is 0.163 e. The number of nitriles is 1. The fraction of sp³-hybridized carbons (Fsp3) is 0.0588. The Balaban J connectivity index is 2.22. The Bertz CT molecular complexity index is 847. The highest BCUT2D eigenvalue weighted by molar-refractivity contribution is 6.30. The molecule has 0 fully saturated rings. The summed E-state index contributed by atoms with van der Waals surface area (Å²) in [5.74, 6) is 0.724. The largest absolute Gasteiger partial charge is 0.496 e. The number of methoxy groups -OCH3 is 1. The zero-order chi connectivity index (χ0) is 15.5. The van der Waals surface area contributed by atoms with E-state index in [4.69, 9.17) is 21.6 Å². The third kappa shape index (κ3) is 2.54. The van der Waals surface area contributed by atoms with Gasteiger partial charge in [0.05, 0.1) is 18.5 Å². The van der Waals surface area contributed by atoms with Gasteiger partial charge < -0.3 is 4.74 Å². The zero-order valence-electron chi connectivity index (χ0n) is 11.8. The van der Waals surface area contributed by atoms with Crippen LogP contribution in [-0.4, -0.2) is 16.9 Å². The first-order valence-corrected chi connectivity index (χ1v) is 7.00. The van der Waals surface area contributed by atoms with E-state index in [2.05, 4.69) is 11.2 Å². The van der Waals surface area contributed by atoms with E-state index in [1.807, 2.05) is 36.4 Å². The summed E-state index contributed by atoms with van der Waals surface area (Å²) in [4.78, 5) is 0. The predicted molar refractivity (Wildman–Crippen MR) is 85.3 cm³/mol. The molecule has 0 radical (unpaired) electrons. The molecule has 2 aromatic carbocycles. The molecule has 0 spiro atoms. The van der Waals surface area contributed by atoms with Gasteiger partial charge in [0.15, 0.2) is 5.69 Å². The van der Waals surface area contributed by atoms with Gasteiger partial charge in [0, 0.05) is 16.7 Å². The molecule has 0 aliphatic carbocycles. The molecule has 3 aromatic rings. The van der Waals surface area contributed by atoms with Crippen molar-refractivity contribution in [3.63, 3.8) is 0 Å². The van der Waals surface area contributed by atoms with Crippen molar-refractivity contribution in [1.82, 2.24) is 9.78 Å². The van der Waals surface area contributed by atoms with Crippen molar-refractivity contribution in [2.24, 2.45) is 0 Å². The van der Waals surface area contributed by atoms with Gasteiger partial charge in [0.25, 0.3) is 0 Å². The summed E-state index contributed by atoms with van der Waals surface area (Å²) in [6.07, 6.45) is 0. The summed E-state index contributed by atoms with van der Waals surface area (Å²) in [5, 5.41) is 14.1. The lowest BCUT2D eigenvalue weighted by molar-refractivity contribution is 0.416. The lowest BCUT2D eigenvalue weighted by Crippen LogP contribution is -2.00. The molecule has 0 aliphatic heterocycles. The maximum absolute atomic E-state index is 9.16. The molecule has 0 N–H and O–H groups in total. The first kappa shape index (κ1) is 14.2. The highest BCUT2D eigenvalue weighted by Gasteiger charge is 2.14. The van der Waals surface area contributed by atoms with Crippen molar-refractivity contribution >= 4 is 11.6 Å². The number of para-hydroxylation sites is 1. The normalized spacial score (nSPS) is 10.2. The number of hydrogen-bond acceptors (Lipinski definition) is 3. The van der Waals surface area contributed by atoms with E-state index < -0.39 is 0 Å². The Morgan fingerprint density at radius 3 is 2.55 bits per heavy atom. The van der Waals surface area contributed by atoms with Crippen molar-refractivity contribution in [1.29, 1.82) is 5.26 Å². The number of ether oxygens (including phenoxy) is 1. The molecule has 1 aromatic heterocycles. The van der Waals surface area contributed by atoms with Gasteiger partial charge in [-0.3, -0.25) is 0 Å². The van der Waals surface area contributed by atoms with Crippen LogP contribution in [0.15, 0.2) is 54.6 Å². The molecule has 0 bridgehead atoms. The fourth-order valence-electron chi connectivity index (χ4n) is 2.26. The van der Waals surface area contributed by atoms with E-state index in [-0.39, 0.29) is 0 Å². The highest BCUT2D eigenvalue weighted by atomic mass is 35.5. The van der Waals surface area contributed by atoms with E-state index in [0.29, 0.717) is 10.7 Å². The summed E-state index contributed by atoms with van der Waals surface area (Å²) >= 11 is 5.93. The Morgan fingerprint density at radius 1 is 1.14 bits per heavy atom. The van der Waals surface area contributed by atoms with Gasteiger partial charge in [-0.25, -0.2) is 4.68 Å². The molecule has 0 unspecified atom stereocenters. The molecular weight excluding hydrogens is 298 g/mol. The molecule has 22 heavy (non-hydrogen) atoms. The molecule has 0 amide bonds. The summed E-state index contributed by atoms with van der Waals surface area (Å²) in [5.41, 5.74) is 2.83. The Labute approximate surface area is 133 Å². The van der Waals surface area contributed by atoms with Crippen LogP contribution in [-0.2, 0) is 0 Å². The van der Waals surface area contributed by atoms with Gasteiger partial charge in [-0.1, -0.05) is 23.7 Å². The molecular formula is C17H12ClN3O. The van der Waals surface area contributed by atoms with Crippen LogP contribution < -0.4 is 4.74 Å². The molecule has 0 saturated heterocycles. The topological polar surface area (TPSA) is 50.8 Å². The van der Waals surface area contributed by atoms with Crippen molar-refractivity contribution in [3.8, 4) is 28.8 Å². The van der Waals surface area contributed by atoms with E-state index in [1.54, 1.807) is 30.0 Å². The lowest BCUT2D eigenvalue weighted by Gasteiger charge is -2.11. The van der Waals surface area contributed by atoms with E-state index in [1.165, 1.54) is 0 Å². The first-order valence-electron chi connectivity index (χ1n) is 6.62. The summed E-state index contributed by atoms with van der Waals surface area (Å²) in [7, 11) is 1.62. The van der Waals surface area contributed by atoms with Gasteiger partial charge in [0.1, 0.15) is 11.8 Å². The number of nitrogens with zero attached hydrogens (tertiary/aromatic N) is 3. The fourth-order valence-corrected chi connectivity index (χ4v) is 2.39. The molecule has 1 heterocycles. The van der Waals surface area contributed by atoms with E-state index in [0.717, 1.165) is 22.7 Å². The standard InChI is InChI=1S/C17H12ClN3O/c1-22-17-5-3-2-4-15(17)16-10-13(11-19)20-21(16)14-8-6-12(18)7-9-14/h2-10H,1H3. The SMILES string of the molecule is COc1ccccc1-c1cc(C#N)nn1-c1ccc(Cl)cc1. The van der Waals surface area contributed by atoms with Crippen molar-refractivity contribution < 1.29 is 4.74 Å². The second-order valence-electron chi connectivity index (χ2n) is 4.62. The Kier molecular flexibility index (Phi) is 3.82. The Morgan fingerprint density at radius 2 is 1.86 bits per heavy atom. The van der Waals surface area contributed by atoms with Crippen LogP contribution in [0, 0.1) is 11.3 Å². The number of benzene rings is 2. The highest BCUT2D eigenvalue weighted by Crippen LogP contribution is 2.31. The van der Waals surface area contributed by atoms with Crippen LogP contribution in [0.3, 0.4) is 0 Å².